The third-order valence-electron chi connectivity index (χ3n) is 3.33. The van der Waals surface area contributed by atoms with Crippen LogP contribution in [0.2, 0.25) is 0 Å². The van der Waals surface area contributed by atoms with E-state index in [1.165, 1.54) is 26.0 Å². The molecule has 2 aromatic rings. The van der Waals surface area contributed by atoms with Crippen molar-refractivity contribution >= 4 is 27.3 Å². The Hall–Kier alpha value is -0.640. The zero-order valence-corrected chi connectivity index (χ0v) is 14.1. The number of thiophene rings is 1. The lowest BCUT2D eigenvalue weighted by molar-refractivity contribution is 0.550. The van der Waals surface area contributed by atoms with Crippen LogP contribution in [0, 0.1) is 13.8 Å². The van der Waals surface area contributed by atoms with Gasteiger partial charge in [-0.1, -0.05) is 30.7 Å². The van der Waals surface area contributed by atoms with Gasteiger partial charge in [-0.05, 0) is 58.9 Å². The molecule has 0 radical (unpaired) electrons. The maximum atomic E-state index is 3.63. The van der Waals surface area contributed by atoms with Crippen LogP contribution in [0.4, 0.5) is 0 Å². The molecule has 0 fully saturated rings. The highest BCUT2D eigenvalue weighted by molar-refractivity contribution is 9.10. The van der Waals surface area contributed by atoms with Gasteiger partial charge in [-0.25, -0.2) is 0 Å². The second-order valence-electron chi connectivity index (χ2n) is 4.87. The molecule has 0 amide bonds. The van der Waals surface area contributed by atoms with Crippen molar-refractivity contribution in [2.75, 3.05) is 6.54 Å². The molecular weight excluding hydrogens is 318 g/mol. The Labute approximate surface area is 128 Å². The van der Waals surface area contributed by atoms with Crippen molar-refractivity contribution in [3.63, 3.8) is 0 Å². The van der Waals surface area contributed by atoms with E-state index in [2.05, 4.69) is 71.7 Å². The number of hydrogen-bond donors (Lipinski definition) is 1. The minimum atomic E-state index is 0.389. The monoisotopic (exact) mass is 337 g/mol. The third-order valence-corrected chi connectivity index (χ3v) is 5.28. The average Bonchev–Trinajstić information content (AvgIpc) is 2.75. The van der Waals surface area contributed by atoms with Gasteiger partial charge in [0, 0.05) is 21.8 Å². The van der Waals surface area contributed by atoms with Gasteiger partial charge in [0.25, 0.3) is 0 Å². The van der Waals surface area contributed by atoms with Gasteiger partial charge < -0.3 is 5.32 Å². The van der Waals surface area contributed by atoms with Crippen molar-refractivity contribution < 1.29 is 0 Å². The minimum Gasteiger partial charge on any atom is -0.310 e. The van der Waals surface area contributed by atoms with E-state index in [9.17, 15) is 0 Å². The van der Waals surface area contributed by atoms with Gasteiger partial charge in [-0.15, -0.1) is 11.3 Å². The fourth-order valence-electron chi connectivity index (χ4n) is 2.41. The molecule has 102 valence electrons. The second-order valence-corrected chi connectivity index (χ2v) is 6.72. The molecule has 1 unspecified atom stereocenters. The third kappa shape index (κ3) is 3.68. The highest BCUT2D eigenvalue weighted by Gasteiger charge is 2.15. The first-order valence-corrected chi connectivity index (χ1v) is 8.31. The SMILES string of the molecule is CCNC(Cc1sccc1Br)c1ccc(C)cc1C. The Morgan fingerprint density at radius 2 is 2.05 bits per heavy atom. The summed E-state index contributed by atoms with van der Waals surface area (Å²) in [4.78, 5) is 1.41. The Bertz CT molecular complexity index is 547. The first-order chi connectivity index (χ1) is 9.11. The van der Waals surface area contributed by atoms with Crippen molar-refractivity contribution in [2.24, 2.45) is 0 Å². The van der Waals surface area contributed by atoms with Crippen LogP contribution < -0.4 is 5.32 Å². The summed E-state index contributed by atoms with van der Waals surface area (Å²) in [6.07, 6.45) is 1.04. The van der Waals surface area contributed by atoms with Crippen molar-refractivity contribution in [1.82, 2.24) is 5.32 Å². The van der Waals surface area contributed by atoms with E-state index >= 15 is 0 Å². The molecular formula is C16H20BrNS. The first kappa shape index (κ1) is 14.8. The lowest BCUT2D eigenvalue weighted by atomic mass is 9.96. The second kappa shape index (κ2) is 6.69. The molecule has 1 atom stereocenters. The van der Waals surface area contributed by atoms with Crippen molar-refractivity contribution in [3.8, 4) is 0 Å². The summed E-state index contributed by atoms with van der Waals surface area (Å²) < 4.78 is 1.23. The molecule has 2 rings (SSSR count). The zero-order valence-electron chi connectivity index (χ0n) is 11.7. The molecule has 0 bridgehead atoms. The summed E-state index contributed by atoms with van der Waals surface area (Å²) >= 11 is 5.45. The quantitative estimate of drug-likeness (QED) is 0.807. The van der Waals surface area contributed by atoms with Crippen LogP contribution in [0.1, 0.15) is 34.5 Å². The molecule has 1 aromatic carbocycles. The maximum absolute atomic E-state index is 3.63. The van der Waals surface area contributed by atoms with Crippen LogP contribution in [0.5, 0.6) is 0 Å². The van der Waals surface area contributed by atoms with Gasteiger partial charge in [0.2, 0.25) is 0 Å². The van der Waals surface area contributed by atoms with Crippen molar-refractivity contribution in [2.45, 2.75) is 33.2 Å². The molecule has 0 saturated heterocycles. The Morgan fingerprint density at radius 1 is 1.26 bits per heavy atom. The topological polar surface area (TPSA) is 12.0 Å². The summed E-state index contributed by atoms with van der Waals surface area (Å²) in [5, 5.41) is 5.75. The number of likely N-dealkylation sites (N-methyl/N-ethyl adjacent to an activating group) is 1. The fourth-order valence-corrected chi connectivity index (χ4v) is 3.97. The van der Waals surface area contributed by atoms with E-state index in [1.54, 1.807) is 0 Å². The Balaban J connectivity index is 2.27. The zero-order chi connectivity index (χ0) is 13.8. The first-order valence-electron chi connectivity index (χ1n) is 6.64. The van der Waals surface area contributed by atoms with Gasteiger partial charge in [-0.3, -0.25) is 0 Å². The van der Waals surface area contributed by atoms with Crippen molar-refractivity contribution in [1.29, 1.82) is 0 Å². The molecule has 1 aromatic heterocycles. The van der Waals surface area contributed by atoms with Gasteiger partial charge in [0.1, 0.15) is 0 Å². The summed E-state index contributed by atoms with van der Waals surface area (Å²) in [6, 6.07) is 9.25. The van der Waals surface area contributed by atoms with E-state index in [4.69, 9.17) is 0 Å². The summed E-state index contributed by atoms with van der Waals surface area (Å²) in [7, 11) is 0. The van der Waals surface area contributed by atoms with Crippen LogP contribution in [0.15, 0.2) is 34.1 Å². The minimum absolute atomic E-state index is 0.389. The standard InChI is InChI=1S/C16H20BrNS/c1-4-18-15(10-16-14(17)7-8-19-16)13-6-5-11(2)9-12(13)3/h5-9,15,18H,4,10H2,1-3H3. The van der Waals surface area contributed by atoms with Crippen LogP contribution in [-0.4, -0.2) is 6.54 Å². The molecule has 1 nitrogen and oxygen atoms in total. The number of aryl methyl sites for hydroxylation is 2. The lowest BCUT2D eigenvalue weighted by Crippen LogP contribution is -2.23. The van der Waals surface area contributed by atoms with E-state index in [0.717, 1.165) is 13.0 Å². The lowest BCUT2D eigenvalue weighted by Gasteiger charge is -2.20. The molecule has 0 spiro atoms. The molecule has 1 N–H and O–H groups in total. The number of nitrogens with one attached hydrogen (secondary N) is 1. The van der Waals surface area contributed by atoms with E-state index in [0.29, 0.717) is 6.04 Å². The molecule has 0 aliphatic carbocycles. The Morgan fingerprint density at radius 3 is 2.63 bits per heavy atom. The normalized spacial score (nSPS) is 12.6. The van der Waals surface area contributed by atoms with E-state index in [-0.39, 0.29) is 0 Å². The van der Waals surface area contributed by atoms with E-state index < -0.39 is 0 Å². The number of hydrogen-bond acceptors (Lipinski definition) is 2. The summed E-state index contributed by atoms with van der Waals surface area (Å²) in [5.74, 6) is 0. The predicted octanol–water partition coefficient (Wildman–Crippen LogP) is 5.02. The van der Waals surface area contributed by atoms with E-state index in [1.807, 2.05) is 11.3 Å². The van der Waals surface area contributed by atoms with Crippen LogP contribution in [-0.2, 0) is 6.42 Å². The van der Waals surface area contributed by atoms with Gasteiger partial charge >= 0.3 is 0 Å². The van der Waals surface area contributed by atoms with Crippen LogP contribution >= 0.6 is 27.3 Å². The number of rotatable bonds is 5. The smallest absolute Gasteiger partial charge is 0.0371 e. The average molecular weight is 338 g/mol. The van der Waals surface area contributed by atoms with Crippen LogP contribution in [0.25, 0.3) is 0 Å². The molecule has 0 aliphatic rings. The molecule has 3 heteroatoms. The molecule has 19 heavy (non-hydrogen) atoms. The summed E-state index contributed by atoms with van der Waals surface area (Å²) in [5.41, 5.74) is 4.11. The molecule has 0 saturated carbocycles. The van der Waals surface area contributed by atoms with Gasteiger partial charge in [-0.2, -0.15) is 0 Å². The largest absolute Gasteiger partial charge is 0.310 e. The highest BCUT2D eigenvalue weighted by Crippen LogP contribution is 2.29. The molecule has 1 heterocycles. The maximum Gasteiger partial charge on any atom is 0.0371 e. The number of benzene rings is 1. The van der Waals surface area contributed by atoms with Gasteiger partial charge in [0.05, 0.1) is 0 Å². The molecule has 0 aliphatic heterocycles. The highest BCUT2D eigenvalue weighted by atomic mass is 79.9. The summed E-state index contributed by atoms with van der Waals surface area (Å²) in [6.45, 7) is 7.51. The van der Waals surface area contributed by atoms with Crippen LogP contribution in [0.3, 0.4) is 0 Å². The number of halogens is 1. The Kier molecular flexibility index (Phi) is 5.20. The van der Waals surface area contributed by atoms with Gasteiger partial charge in [0.15, 0.2) is 0 Å². The fraction of sp³-hybridized carbons (Fsp3) is 0.375. The van der Waals surface area contributed by atoms with Crippen molar-refractivity contribution in [3.05, 3.63) is 55.7 Å². The predicted molar refractivity (Wildman–Crippen MR) is 88.1 cm³/mol.